The monoisotopic (exact) mass is 418 g/mol. The number of hydrogen-bond acceptors (Lipinski definition) is 5. The van der Waals surface area contributed by atoms with E-state index in [2.05, 4.69) is 17.1 Å². The van der Waals surface area contributed by atoms with Crippen LogP contribution in [0.1, 0.15) is 43.2 Å². The van der Waals surface area contributed by atoms with Gasteiger partial charge in [0, 0.05) is 29.9 Å². The average molecular weight is 418 g/mol. The van der Waals surface area contributed by atoms with E-state index in [1.165, 1.54) is 5.56 Å². The summed E-state index contributed by atoms with van der Waals surface area (Å²) < 4.78 is 13.3. The standard InChI is InChI=1S/C24H26N4O3/c1-24(2,3)31-23(29)27-14-19-20(15-27)26-28(13-16-5-4-9-25-12-16)22(19)18-6-7-21-17(11-18)8-10-30-21/h4-7,9,11-12H,8,10,13-15H2,1-3H3. The molecule has 0 radical (unpaired) electrons. The van der Waals surface area contributed by atoms with Crippen LogP contribution in [0.25, 0.3) is 11.3 Å². The lowest BCUT2D eigenvalue weighted by atomic mass is 10.0. The number of benzene rings is 1. The summed E-state index contributed by atoms with van der Waals surface area (Å²) in [4.78, 5) is 18.6. The molecule has 1 amide bonds. The molecule has 0 fully saturated rings. The zero-order valence-corrected chi connectivity index (χ0v) is 18.1. The molecule has 2 aliphatic heterocycles. The van der Waals surface area contributed by atoms with Crippen LogP contribution in [0, 0.1) is 0 Å². The molecule has 2 aromatic heterocycles. The largest absolute Gasteiger partial charge is 0.493 e. The number of nitrogens with zero attached hydrogens (tertiary/aromatic N) is 4. The van der Waals surface area contributed by atoms with E-state index in [4.69, 9.17) is 14.6 Å². The Labute approximate surface area is 181 Å². The van der Waals surface area contributed by atoms with Crippen molar-refractivity contribution in [2.24, 2.45) is 0 Å². The van der Waals surface area contributed by atoms with Crippen LogP contribution in [0.5, 0.6) is 5.75 Å². The first kappa shape index (κ1) is 19.6. The molecule has 31 heavy (non-hydrogen) atoms. The number of carbonyl (C=O) groups excluding carboxylic acids is 1. The first-order valence-electron chi connectivity index (χ1n) is 10.6. The van der Waals surface area contributed by atoms with Gasteiger partial charge in [0.1, 0.15) is 11.4 Å². The second-order valence-corrected chi connectivity index (χ2v) is 9.05. The lowest BCUT2D eigenvalue weighted by Gasteiger charge is -2.24. The number of hydrogen-bond donors (Lipinski definition) is 0. The first-order chi connectivity index (χ1) is 14.9. The summed E-state index contributed by atoms with van der Waals surface area (Å²) in [6.45, 7) is 7.92. The minimum Gasteiger partial charge on any atom is -0.493 e. The van der Waals surface area contributed by atoms with Gasteiger partial charge >= 0.3 is 6.09 Å². The Morgan fingerprint density at radius 1 is 1.23 bits per heavy atom. The van der Waals surface area contributed by atoms with Crippen molar-refractivity contribution < 1.29 is 14.3 Å². The molecule has 0 unspecified atom stereocenters. The number of amides is 1. The van der Waals surface area contributed by atoms with Crippen LogP contribution >= 0.6 is 0 Å². The van der Waals surface area contributed by atoms with Gasteiger partial charge in [-0.25, -0.2) is 4.79 Å². The molecule has 4 heterocycles. The molecular weight excluding hydrogens is 392 g/mol. The number of ether oxygens (including phenoxy) is 2. The van der Waals surface area contributed by atoms with Crippen molar-refractivity contribution in [1.29, 1.82) is 0 Å². The average Bonchev–Trinajstić information content (AvgIpc) is 3.41. The van der Waals surface area contributed by atoms with Gasteiger partial charge in [0.25, 0.3) is 0 Å². The van der Waals surface area contributed by atoms with E-state index >= 15 is 0 Å². The summed E-state index contributed by atoms with van der Waals surface area (Å²) in [6.07, 6.45) is 4.23. The van der Waals surface area contributed by atoms with Crippen molar-refractivity contribution in [2.45, 2.75) is 52.4 Å². The van der Waals surface area contributed by atoms with Crippen molar-refractivity contribution in [3.05, 3.63) is 65.1 Å². The minimum absolute atomic E-state index is 0.308. The van der Waals surface area contributed by atoms with E-state index in [1.807, 2.05) is 49.8 Å². The number of fused-ring (bicyclic) bond motifs is 2. The third kappa shape index (κ3) is 3.87. The van der Waals surface area contributed by atoms with E-state index in [9.17, 15) is 4.79 Å². The van der Waals surface area contributed by atoms with Crippen LogP contribution < -0.4 is 4.74 Å². The van der Waals surface area contributed by atoms with Gasteiger partial charge in [0.2, 0.25) is 0 Å². The van der Waals surface area contributed by atoms with E-state index in [0.717, 1.165) is 46.9 Å². The van der Waals surface area contributed by atoms with Gasteiger partial charge < -0.3 is 9.47 Å². The zero-order valence-electron chi connectivity index (χ0n) is 18.1. The number of aromatic nitrogens is 3. The van der Waals surface area contributed by atoms with Crippen molar-refractivity contribution in [2.75, 3.05) is 6.61 Å². The van der Waals surface area contributed by atoms with Crippen LogP contribution in [0.2, 0.25) is 0 Å². The fourth-order valence-corrected chi connectivity index (χ4v) is 4.16. The lowest BCUT2D eigenvalue weighted by Crippen LogP contribution is -2.33. The van der Waals surface area contributed by atoms with Crippen LogP contribution in [0.3, 0.4) is 0 Å². The molecule has 7 nitrogen and oxygen atoms in total. The van der Waals surface area contributed by atoms with E-state index in [-0.39, 0.29) is 6.09 Å². The van der Waals surface area contributed by atoms with Crippen molar-refractivity contribution in [3.8, 4) is 17.0 Å². The molecule has 0 saturated heterocycles. The minimum atomic E-state index is -0.528. The molecule has 1 aromatic carbocycles. The van der Waals surface area contributed by atoms with Crippen molar-refractivity contribution in [1.82, 2.24) is 19.7 Å². The summed E-state index contributed by atoms with van der Waals surface area (Å²) in [6, 6.07) is 10.3. The second-order valence-electron chi connectivity index (χ2n) is 9.05. The Balaban J connectivity index is 1.52. The first-order valence-corrected chi connectivity index (χ1v) is 10.6. The van der Waals surface area contributed by atoms with Gasteiger partial charge in [0.05, 0.1) is 37.6 Å². The van der Waals surface area contributed by atoms with Gasteiger partial charge in [-0.05, 0) is 56.2 Å². The normalized spacial score (nSPS) is 14.9. The Bertz CT molecular complexity index is 1130. The summed E-state index contributed by atoms with van der Waals surface area (Å²) in [7, 11) is 0. The number of pyridine rings is 1. The fraction of sp³-hybridized carbons (Fsp3) is 0.375. The maximum absolute atomic E-state index is 12.6. The number of rotatable bonds is 3. The second kappa shape index (κ2) is 7.41. The highest BCUT2D eigenvalue weighted by Crippen LogP contribution is 2.37. The van der Waals surface area contributed by atoms with Crippen molar-refractivity contribution >= 4 is 6.09 Å². The van der Waals surface area contributed by atoms with Gasteiger partial charge in [-0.1, -0.05) is 6.07 Å². The highest BCUT2D eigenvalue weighted by atomic mass is 16.6. The summed E-state index contributed by atoms with van der Waals surface area (Å²) >= 11 is 0. The summed E-state index contributed by atoms with van der Waals surface area (Å²) in [5.74, 6) is 0.953. The molecule has 0 N–H and O–H groups in total. The molecule has 5 rings (SSSR count). The number of carbonyl (C=O) groups is 1. The van der Waals surface area contributed by atoms with Gasteiger partial charge in [-0.15, -0.1) is 0 Å². The Morgan fingerprint density at radius 3 is 2.87 bits per heavy atom. The van der Waals surface area contributed by atoms with Crippen LogP contribution in [-0.2, 0) is 30.8 Å². The molecular formula is C24H26N4O3. The maximum Gasteiger partial charge on any atom is 0.410 e. The molecule has 0 atom stereocenters. The predicted octanol–water partition coefficient (Wildman–Crippen LogP) is 4.18. The molecule has 0 spiro atoms. The van der Waals surface area contributed by atoms with E-state index < -0.39 is 5.60 Å². The van der Waals surface area contributed by atoms with Gasteiger partial charge in [0.15, 0.2) is 0 Å². The zero-order chi connectivity index (χ0) is 21.6. The maximum atomic E-state index is 12.6. The molecule has 7 heteroatoms. The third-order valence-electron chi connectivity index (χ3n) is 5.49. The van der Waals surface area contributed by atoms with Gasteiger partial charge in [-0.3, -0.25) is 14.6 Å². The molecule has 160 valence electrons. The molecule has 2 aliphatic rings. The van der Waals surface area contributed by atoms with Crippen LogP contribution in [0.4, 0.5) is 4.79 Å². The molecule has 0 aliphatic carbocycles. The third-order valence-corrected chi connectivity index (χ3v) is 5.49. The highest BCUT2D eigenvalue weighted by Gasteiger charge is 2.33. The summed E-state index contributed by atoms with van der Waals surface area (Å²) in [5, 5.41) is 4.89. The topological polar surface area (TPSA) is 69.5 Å². The quantitative estimate of drug-likeness (QED) is 0.638. The molecule has 0 bridgehead atoms. The molecule has 3 aromatic rings. The summed E-state index contributed by atoms with van der Waals surface area (Å²) in [5.41, 5.74) is 5.89. The fourth-order valence-electron chi connectivity index (χ4n) is 4.16. The van der Waals surface area contributed by atoms with Crippen LogP contribution in [-0.4, -0.2) is 38.0 Å². The van der Waals surface area contributed by atoms with Crippen LogP contribution in [0.15, 0.2) is 42.7 Å². The molecule has 0 saturated carbocycles. The highest BCUT2D eigenvalue weighted by molar-refractivity contribution is 5.73. The van der Waals surface area contributed by atoms with E-state index in [1.54, 1.807) is 11.1 Å². The lowest BCUT2D eigenvalue weighted by molar-refractivity contribution is 0.0239. The van der Waals surface area contributed by atoms with Gasteiger partial charge in [-0.2, -0.15) is 5.10 Å². The predicted molar refractivity (Wildman–Crippen MR) is 116 cm³/mol. The Morgan fingerprint density at radius 2 is 2.10 bits per heavy atom. The Kier molecular flexibility index (Phi) is 4.68. The van der Waals surface area contributed by atoms with E-state index in [0.29, 0.717) is 19.6 Å². The SMILES string of the molecule is CC(C)(C)OC(=O)N1Cc2nn(Cc3cccnc3)c(-c3ccc4c(c3)CCO4)c2C1. The smallest absolute Gasteiger partial charge is 0.410 e. The Hall–Kier alpha value is -3.35. The van der Waals surface area contributed by atoms with Crippen molar-refractivity contribution in [3.63, 3.8) is 0 Å².